The zero-order valence-electron chi connectivity index (χ0n) is 20.7. The van der Waals surface area contributed by atoms with E-state index in [0.717, 1.165) is 31.2 Å². The Kier molecular flexibility index (Phi) is 7.14. The van der Waals surface area contributed by atoms with Crippen molar-refractivity contribution in [2.45, 2.75) is 50.2 Å². The highest BCUT2D eigenvalue weighted by Gasteiger charge is 2.35. The molecule has 0 unspecified atom stereocenters. The number of nitrogens with zero attached hydrogens (tertiary/aromatic N) is 4. The molecule has 2 aromatic heterocycles. The number of likely N-dealkylation sites (tertiary alicyclic amines) is 1. The number of rotatable bonds is 7. The molecule has 3 heterocycles. The fourth-order valence-corrected chi connectivity index (χ4v) is 6.40. The zero-order valence-corrected chi connectivity index (χ0v) is 21.5. The molecule has 1 aliphatic carbocycles. The smallest absolute Gasteiger partial charge is 0.309 e. The molecule has 10 nitrogen and oxygen atoms in total. The van der Waals surface area contributed by atoms with Gasteiger partial charge in [-0.1, -0.05) is 6.07 Å². The van der Waals surface area contributed by atoms with Gasteiger partial charge < -0.3 is 14.1 Å². The van der Waals surface area contributed by atoms with Crippen molar-refractivity contribution in [3.8, 4) is 0 Å². The first-order chi connectivity index (χ1) is 17.3. The maximum Gasteiger partial charge on any atom is 0.309 e. The number of ether oxygens (including phenoxy) is 1. The molecule has 1 amide bonds. The average Bonchev–Trinajstić information content (AvgIpc) is 3.53. The predicted molar refractivity (Wildman–Crippen MR) is 134 cm³/mol. The Morgan fingerprint density at radius 1 is 1.22 bits per heavy atom. The van der Waals surface area contributed by atoms with Crippen LogP contribution < -0.4 is 4.72 Å². The number of oxazole rings is 1. The number of nitrogens with one attached hydrogen (secondary N) is 1. The van der Waals surface area contributed by atoms with Gasteiger partial charge in [-0.05, 0) is 55.7 Å². The number of amides is 1. The molecule has 1 aromatic carbocycles. The van der Waals surface area contributed by atoms with E-state index in [0.29, 0.717) is 32.0 Å². The summed E-state index contributed by atoms with van der Waals surface area (Å²) in [5.74, 6) is 0.108. The maximum atomic E-state index is 12.7. The highest BCUT2D eigenvalue weighted by molar-refractivity contribution is 7.88. The molecule has 5 rings (SSSR count). The molecule has 36 heavy (non-hydrogen) atoms. The van der Waals surface area contributed by atoms with E-state index in [1.165, 1.54) is 29.7 Å². The minimum Gasteiger partial charge on any atom is -0.441 e. The van der Waals surface area contributed by atoms with E-state index in [4.69, 9.17) is 9.15 Å². The van der Waals surface area contributed by atoms with E-state index in [1.54, 1.807) is 4.90 Å². The van der Waals surface area contributed by atoms with Gasteiger partial charge in [0.25, 0.3) is 5.89 Å². The van der Waals surface area contributed by atoms with E-state index in [-0.39, 0.29) is 29.9 Å². The number of carbonyl (C=O) groups is 1. The Morgan fingerprint density at radius 3 is 2.75 bits per heavy atom. The lowest BCUT2D eigenvalue weighted by molar-refractivity contribution is -0.0153. The first-order valence-corrected chi connectivity index (χ1v) is 14.4. The van der Waals surface area contributed by atoms with Crippen molar-refractivity contribution in [3.63, 3.8) is 0 Å². The van der Waals surface area contributed by atoms with Crippen molar-refractivity contribution in [2.75, 3.05) is 26.0 Å². The molecular weight excluding hydrogens is 482 g/mol. The van der Waals surface area contributed by atoms with Crippen molar-refractivity contribution in [3.05, 3.63) is 48.3 Å². The Hall–Kier alpha value is -2.76. The molecular formula is C25H33N5O5S. The van der Waals surface area contributed by atoms with Crippen LogP contribution in [0, 0.1) is 5.92 Å². The van der Waals surface area contributed by atoms with Gasteiger partial charge in [-0.3, -0.25) is 9.48 Å². The quantitative estimate of drug-likeness (QED) is 0.514. The third-order valence-electron chi connectivity index (χ3n) is 7.46. The fraction of sp³-hybridized carbons (Fsp3) is 0.560. The summed E-state index contributed by atoms with van der Waals surface area (Å²) in [6.07, 6.45) is 10.5. The number of fused-ring (bicyclic) bond motifs is 1. The van der Waals surface area contributed by atoms with Crippen LogP contribution in [0.1, 0.15) is 54.3 Å². The lowest BCUT2D eigenvalue weighted by Gasteiger charge is -2.39. The van der Waals surface area contributed by atoms with E-state index in [2.05, 4.69) is 33.0 Å². The van der Waals surface area contributed by atoms with Gasteiger partial charge in [0.2, 0.25) is 10.0 Å². The summed E-state index contributed by atoms with van der Waals surface area (Å²) in [5.41, 5.74) is 2.48. The number of hydrogen-bond acceptors (Lipinski definition) is 7. The first kappa shape index (κ1) is 24.9. The van der Waals surface area contributed by atoms with Crippen molar-refractivity contribution in [1.29, 1.82) is 0 Å². The van der Waals surface area contributed by atoms with E-state index in [1.807, 2.05) is 17.9 Å². The van der Waals surface area contributed by atoms with Crippen molar-refractivity contribution < 1.29 is 22.4 Å². The Morgan fingerprint density at radius 2 is 2.03 bits per heavy atom. The lowest BCUT2D eigenvalue weighted by atomic mass is 9.82. The number of piperidine rings is 1. The molecule has 1 saturated carbocycles. The number of hydrogen-bond donors (Lipinski definition) is 1. The van der Waals surface area contributed by atoms with Crippen molar-refractivity contribution >= 4 is 26.8 Å². The number of sulfonamides is 1. The van der Waals surface area contributed by atoms with Crippen LogP contribution in [0.5, 0.6) is 0 Å². The molecule has 1 saturated heterocycles. The van der Waals surface area contributed by atoms with E-state index in [9.17, 15) is 13.2 Å². The van der Waals surface area contributed by atoms with Gasteiger partial charge >= 0.3 is 5.91 Å². The summed E-state index contributed by atoms with van der Waals surface area (Å²) < 4.78 is 40.0. The zero-order chi connectivity index (χ0) is 25.3. The standard InChI is InChI=1S/C25H33N5O5S/c1-29-23-8-5-18(13-19(23)14-27-29)17-3-6-21(7-4-17)35-16-20-15-30(25(31)24-26-10-12-34-24)11-9-22(20)28-36(2,32)33/h5,8,10,12-14,17,20-22,28H,3-4,6-7,9,11,15-16H2,1-2H3/t17?,20-,21?,22-/m0/s1. The monoisotopic (exact) mass is 515 g/mol. The van der Waals surface area contributed by atoms with Gasteiger partial charge in [0.1, 0.15) is 6.26 Å². The highest BCUT2D eigenvalue weighted by atomic mass is 32.2. The molecule has 3 aromatic rings. The van der Waals surface area contributed by atoms with Crippen LogP contribution in [0.3, 0.4) is 0 Å². The SMILES string of the molecule is Cn1ncc2cc(C3CCC(OC[C@@H]4CN(C(=O)c5ncco5)CC[C@@H]4NS(C)(=O)=O)CC3)ccc21. The number of benzene rings is 1. The first-order valence-electron chi connectivity index (χ1n) is 12.5. The summed E-state index contributed by atoms with van der Waals surface area (Å²) >= 11 is 0. The van der Waals surface area contributed by atoms with Crippen LogP contribution in [0.2, 0.25) is 0 Å². The molecule has 11 heteroatoms. The van der Waals surface area contributed by atoms with Gasteiger partial charge in [-0.15, -0.1) is 0 Å². The summed E-state index contributed by atoms with van der Waals surface area (Å²) in [5, 5.41) is 5.51. The minimum atomic E-state index is -3.38. The van der Waals surface area contributed by atoms with E-state index < -0.39 is 10.0 Å². The summed E-state index contributed by atoms with van der Waals surface area (Å²) in [6, 6.07) is 6.32. The van der Waals surface area contributed by atoms with Gasteiger partial charge in [0.05, 0.1) is 36.9 Å². The number of aromatic nitrogens is 3. The number of carbonyl (C=O) groups excluding carboxylic acids is 1. The van der Waals surface area contributed by atoms with Crippen LogP contribution in [-0.4, -0.2) is 72.1 Å². The van der Waals surface area contributed by atoms with Crippen LogP contribution in [0.4, 0.5) is 0 Å². The maximum absolute atomic E-state index is 12.7. The highest BCUT2D eigenvalue weighted by Crippen LogP contribution is 2.35. The average molecular weight is 516 g/mol. The largest absolute Gasteiger partial charge is 0.441 e. The lowest BCUT2D eigenvalue weighted by Crippen LogP contribution is -2.53. The van der Waals surface area contributed by atoms with Gasteiger partial charge in [0, 0.05) is 37.5 Å². The second-order valence-corrected chi connectivity index (χ2v) is 11.8. The summed E-state index contributed by atoms with van der Waals surface area (Å²) in [7, 11) is -1.42. The van der Waals surface area contributed by atoms with Gasteiger partial charge in [-0.2, -0.15) is 5.10 Å². The van der Waals surface area contributed by atoms with Crippen molar-refractivity contribution in [2.24, 2.45) is 13.0 Å². The number of aryl methyl sites for hydroxylation is 1. The van der Waals surface area contributed by atoms with Crippen LogP contribution in [0.15, 0.2) is 41.3 Å². The Labute approximate surface area is 211 Å². The fourth-order valence-electron chi connectivity index (χ4n) is 5.54. The molecule has 2 atom stereocenters. The normalized spacial score (nSPS) is 25.3. The van der Waals surface area contributed by atoms with Crippen LogP contribution >= 0.6 is 0 Å². The van der Waals surface area contributed by atoms with Crippen molar-refractivity contribution in [1.82, 2.24) is 24.4 Å². The molecule has 0 bridgehead atoms. The van der Waals surface area contributed by atoms with Crippen LogP contribution in [-0.2, 0) is 21.8 Å². The third-order valence-corrected chi connectivity index (χ3v) is 8.19. The predicted octanol–water partition coefficient (Wildman–Crippen LogP) is 2.68. The minimum absolute atomic E-state index is 0.0481. The molecule has 2 fully saturated rings. The summed E-state index contributed by atoms with van der Waals surface area (Å²) in [6.45, 7) is 1.20. The topological polar surface area (TPSA) is 120 Å². The molecule has 0 spiro atoms. The molecule has 2 aliphatic rings. The third kappa shape index (κ3) is 5.63. The molecule has 0 radical (unpaired) electrons. The molecule has 1 N–H and O–H groups in total. The second-order valence-electron chi connectivity index (χ2n) is 10.0. The van der Waals surface area contributed by atoms with E-state index >= 15 is 0 Å². The molecule has 1 aliphatic heterocycles. The van der Waals surface area contributed by atoms with Gasteiger partial charge in [0.15, 0.2) is 0 Å². The Bertz CT molecular complexity index is 1300. The Balaban J connectivity index is 1.18. The van der Waals surface area contributed by atoms with Crippen LogP contribution in [0.25, 0.3) is 10.9 Å². The second kappa shape index (κ2) is 10.3. The molecule has 194 valence electrons. The van der Waals surface area contributed by atoms with Gasteiger partial charge in [-0.25, -0.2) is 18.1 Å². The summed E-state index contributed by atoms with van der Waals surface area (Å²) in [4.78, 5) is 18.4.